The lowest BCUT2D eigenvalue weighted by Gasteiger charge is -2.10. The van der Waals surface area contributed by atoms with Crippen LogP contribution in [-0.4, -0.2) is 6.61 Å². The lowest BCUT2D eigenvalue weighted by molar-refractivity contribution is 0.302. The smallest absolute Gasteiger partial charge is 0.162 e. The first kappa shape index (κ1) is 15.0. The van der Waals surface area contributed by atoms with E-state index < -0.39 is 11.6 Å². The average Bonchev–Trinajstić information content (AvgIpc) is 2.52. The number of rotatable bonds is 6. The zero-order valence-electron chi connectivity index (χ0n) is 11.4. The molecule has 0 saturated carbocycles. The molecule has 2 aromatic rings. The lowest BCUT2D eigenvalue weighted by Crippen LogP contribution is -2.02. The van der Waals surface area contributed by atoms with E-state index in [1.165, 1.54) is 6.07 Å². The Bertz CT molecular complexity index is 622. The van der Waals surface area contributed by atoms with Crippen molar-refractivity contribution in [2.24, 2.45) is 0 Å². The highest BCUT2D eigenvalue weighted by atomic mass is 19.2. The molecule has 0 N–H and O–H groups in total. The number of nitriles is 1. The van der Waals surface area contributed by atoms with Gasteiger partial charge in [-0.3, -0.25) is 0 Å². The third-order valence-electron chi connectivity index (χ3n) is 3.15. The summed E-state index contributed by atoms with van der Waals surface area (Å²) in [4.78, 5) is 0. The van der Waals surface area contributed by atoms with Crippen molar-refractivity contribution in [1.82, 2.24) is 0 Å². The van der Waals surface area contributed by atoms with E-state index in [1.807, 2.05) is 30.3 Å². The molecule has 2 rings (SSSR count). The Balaban J connectivity index is 1.81. The molecule has 2 aromatic carbocycles. The Morgan fingerprint density at radius 2 is 1.81 bits per heavy atom. The van der Waals surface area contributed by atoms with Gasteiger partial charge in [-0.15, -0.1) is 0 Å². The van der Waals surface area contributed by atoms with Crippen LogP contribution in [0.1, 0.15) is 24.3 Å². The first-order chi connectivity index (χ1) is 10.2. The number of ether oxygens (including phenoxy) is 1. The summed E-state index contributed by atoms with van der Waals surface area (Å²) in [6.07, 6.45) is 1.32. The fourth-order valence-electron chi connectivity index (χ4n) is 2.04. The Morgan fingerprint density at radius 3 is 2.48 bits per heavy atom. The summed E-state index contributed by atoms with van der Waals surface area (Å²) in [5, 5.41) is 9.18. The van der Waals surface area contributed by atoms with Crippen molar-refractivity contribution in [3.05, 3.63) is 65.7 Å². The quantitative estimate of drug-likeness (QED) is 0.736. The highest BCUT2D eigenvalue weighted by Gasteiger charge is 2.10. The van der Waals surface area contributed by atoms with E-state index in [0.29, 0.717) is 25.2 Å². The Kier molecular flexibility index (Phi) is 5.28. The highest BCUT2D eigenvalue weighted by Crippen LogP contribution is 2.21. The van der Waals surface area contributed by atoms with E-state index in [4.69, 9.17) is 4.74 Å². The van der Waals surface area contributed by atoms with Gasteiger partial charge in [0.25, 0.3) is 0 Å². The Labute approximate surface area is 122 Å². The molecule has 0 spiro atoms. The second-order valence-corrected chi connectivity index (χ2v) is 4.66. The van der Waals surface area contributed by atoms with Gasteiger partial charge >= 0.3 is 0 Å². The third-order valence-corrected chi connectivity index (χ3v) is 3.15. The van der Waals surface area contributed by atoms with Gasteiger partial charge in [0.1, 0.15) is 5.75 Å². The molecule has 108 valence electrons. The SMILES string of the molecule is N#CC(CCCOc1ccc(F)c(F)c1)c1ccccc1. The van der Waals surface area contributed by atoms with Gasteiger partial charge in [0.15, 0.2) is 11.6 Å². The molecule has 0 aliphatic rings. The molecular formula is C17H15F2NO. The minimum Gasteiger partial charge on any atom is -0.493 e. The van der Waals surface area contributed by atoms with E-state index >= 15 is 0 Å². The summed E-state index contributed by atoms with van der Waals surface area (Å²) in [6, 6.07) is 15.3. The summed E-state index contributed by atoms with van der Waals surface area (Å²) in [7, 11) is 0. The molecule has 0 saturated heterocycles. The number of halogens is 2. The van der Waals surface area contributed by atoms with Gasteiger partial charge in [-0.05, 0) is 30.5 Å². The third kappa shape index (κ3) is 4.28. The van der Waals surface area contributed by atoms with E-state index in [2.05, 4.69) is 6.07 Å². The van der Waals surface area contributed by atoms with Crippen molar-refractivity contribution < 1.29 is 13.5 Å². The van der Waals surface area contributed by atoms with Crippen molar-refractivity contribution in [2.75, 3.05) is 6.61 Å². The van der Waals surface area contributed by atoms with Gasteiger partial charge in [-0.25, -0.2) is 8.78 Å². The van der Waals surface area contributed by atoms with E-state index in [-0.39, 0.29) is 5.92 Å². The fourth-order valence-corrected chi connectivity index (χ4v) is 2.04. The molecule has 21 heavy (non-hydrogen) atoms. The molecule has 0 radical (unpaired) electrons. The van der Waals surface area contributed by atoms with Crippen LogP contribution in [0.3, 0.4) is 0 Å². The van der Waals surface area contributed by atoms with Crippen molar-refractivity contribution in [3.63, 3.8) is 0 Å². The second-order valence-electron chi connectivity index (χ2n) is 4.66. The second kappa shape index (κ2) is 7.39. The normalized spacial score (nSPS) is 11.7. The minimum atomic E-state index is -0.924. The highest BCUT2D eigenvalue weighted by molar-refractivity contribution is 5.25. The molecular weight excluding hydrogens is 272 g/mol. The molecule has 0 heterocycles. The molecule has 0 aliphatic carbocycles. The minimum absolute atomic E-state index is 0.181. The maximum Gasteiger partial charge on any atom is 0.162 e. The zero-order chi connectivity index (χ0) is 15.1. The van der Waals surface area contributed by atoms with Crippen LogP contribution in [0.25, 0.3) is 0 Å². The average molecular weight is 287 g/mol. The molecule has 0 bridgehead atoms. The maximum absolute atomic E-state index is 13.0. The van der Waals surface area contributed by atoms with Gasteiger partial charge < -0.3 is 4.74 Å². The first-order valence-corrected chi connectivity index (χ1v) is 6.73. The van der Waals surface area contributed by atoms with Gasteiger partial charge in [0.05, 0.1) is 18.6 Å². The number of hydrogen-bond acceptors (Lipinski definition) is 2. The van der Waals surface area contributed by atoms with E-state index in [9.17, 15) is 14.0 Å². The summed E-state index contributed by atoms with van der Waals surface area (Å²) >= 11 is 0. The summed E-state index contributed by atoms with van der Waals surface area (Å²) in [5.41, 5.74) is 0.979. The molecule has 1 atom stereocenters. The molecule has 4 heteroatoms. The number of hydrogen-bond donors (Lipinski definition) is 0. The van der Waals surface area contributed by atoms with Crippen LogP contribution in [0.5, 0.6) is 5.75 Å². The number of nitrogens with zero attached hydrogens (tertiary/aromatic N) is 1. The Morgan fingerprint density at radius 1 is 1.05 bits per heavy atom. The van der Waals surface area contributed by atoms with Crippen LogP contribution < -0.4 is 4.74 Å². The molecule has 2 nitrogen and oxygen atoms in total. The van der Waals surface area contributed by atoms with Crippen LogP contribution >= 0.6 is 0 Å². The number of benzene rings is 2. The first-order valence-electron chi connectivity index (χ1n) is 6.73. The largest absolute Gasteiger partial charge is 0.493 e. The standard InChI is InChI=1S/C17H15F2NO/c18-16-9-8-15(11-17(16)19)21-10-4-7-14(12-20)13-5-2-1-3-6-13/h1-3,5-6,8-9,11,14H,4,7,10H2. The monoisotopic (exact) mass is 287 g/mol. The van der Waals surface area contributed by atoms with Gasteiger partial charge in [-0.2, -0.15) is 5.26 Å². The van der Waals surface area contributed by atoms with Crippen LogP contribution in [0.2, 0.25) is 0 Å². The van der Waals surface area contributed by atoms with E-state index in [0.717, 1.165) is 17.7 Å². The molecule has 1 unspecified atom stereocenters. The summed E-state index contributed by atoms with van der Waals surface area (Å²) < 4.78 is 31.1. The van der Waals surface area contributed by atoms with Crippen molar-refractivity contribution in [3.8, 4) is 11.8 Å². The fraction of sp³-hybridized carbons (Fsp3) is 0.235. The molecule has 0 fully saturated rings. The molecule has 0 amide bonds. The predicted octanol–water partition coefficient (Wildman–Crippen LogP) is 4.43. The maximum atomic E-state index is 13.0. The molecule has 0 aliphatic heterocycles. The van der Waals surface area contributed by atoms with Crippen LogP contribution in [0.15, 0.2) is 48.5 Å². The Hall–Kier alpha value is -2.41. The van der Waals surface area contributed by atoms with Crippen LogP contribution in [0.4, 0.5) is 8.78 Å². The topological polar surface area (TPSA) is 33.0 Å². The van der Waals surface area contributed by atoms with E-state index in [1.54, 1.807) is 0 Å². The predicted molar refractivity (Wildman–Crippen MR) is 75.9 cm³/mol. The van der Waals surface area contributed by atoms with Crippen molar-refractivity contribution in [1.29, 1.82) is 5.26 Å². The van der Waals surface area contributed by atoms with Gasteiger partial charge in [0, 0.05) is 6.07 Å². The van der Waals surface area contributed by atoms with Crippen molar-refractivity contribution >= 4 is 0 Å². The van der Waals surface area contributed by atoms with Gasteiger partial charge in [-0.1, -0.05) is 30.3 Å². The van der Waals surface area contributed by atoms with Crippen molar-refractivity contribution in [2.45, 2.75) is 18.8 Å². The summed E-state index contributed by atoms with van der Waals surface area (Å²) in [5.74, 6) is -1.70. The van der Waals surface area contributed by atoms with Crippen LogP contribution in [0, 0.1) is 23.0 Å². The van der Waals surface area contributed by atoms with Gasteiger partial charge in [0.2, 0.25) is 0 Å². The molecule has 0 aromatic heterocycles. The summed E-state index contributed by atoms with van der Waals surface area (Å²) in [6.45, 7) is 0.357. The zero-order valence-corrected chi connectivity index (χ0v) is 11.4. The van der Waals surface area contributed by atoms with Crippen LogP contribution in [-0.2, 0) is 0 Å². The lowest BCUT2D eigenvalue weighted by atomic mass is 9.96.